The fraction of sp³-hybridized carbons (Fsp3) is 0.143. The van der Waals surface area contributed by atoms with Crippen molar-refractivity contribution in [3.63, 3.8) is 0 Å². The number of benzene rings is 1. The quantitative estimate of drug-likeness (QED) is 0.698. The second-order valence-corrected chi connectivity index (χ2v) is 4.18. The molecule has 2 rings (SSSR count). The maximum absolute atomic E-state index is 12.9. The van der Waals surface area contributed by atoms with Crippen LogP contribution in [0, 0.1) is 5.95 Å². The number of carbonyl (C=O) groups is 1. The highest BCUT2D eigenvalue weighted by atomic mass is 19.4. The molecule has 0 fully saturated rings. The smallest absolute Gasteiger partial charge is 0.347 e. The fourth-order valence-corrected chi connectivity index (χ4v) is 1.75. The largest absolute Gasteiger partial charge is 0.416 e. The Morgan fingerprint density at radius 3 is 2.48 bits per heavy atom. The van der Waals surface area contributed by atoms with Gasteiger partial charge in [-0.3, -0.25) is 4.79 Å². The number of nitrogens with zero attached hydrogens (tertiary/aromatic N) is 1. The molecule has 0 atom stereocenters. The summed E-state index contributed by atoms with van der Waals surface area (Å²) in [5.74, 6) is -1.58. The number of nitrogens with one attached hydrogen (secondary N) is 1. The zero-order valence-corrected chi connectivity index (χ0v) is 10.6. The average Bonchev–Trinajstić information content (AvgIpc) is 2.44. The molecule has 0 unspecified atom stereocenters. The molecule has 0 bridgehead atoms. The van der Waals surface area contributed by atoms with Crippen LogP contribution in [0.1, 0.15) is 21.6 Å². The third kappa shape index (κ3) is 3.77. The molecule has 0 spiro atoms. The van der Waals surface area contributed by atoms with Crippen LogP contribution >= 0.6 is 0 Å². The zero-order chi connectivity index (χ0) is 15.5. The maximum atomic E-state index is 12.9. The summed E-state index contributed by atoms with van der Waals surface area (Å²) in [6, 6.07) is 8.54. The van der Waals surface area contributed by atoms with E-state index in [1.54, 1.807) is 0 Å². The molecule has 1 heterocycles. The summed E-state index contributed by atoms with van der Waals surface area (Å²) in [6.45, 7) is -0.327. The number of carbonyl (C=O) groups excluding carboxylic acids is 1. The van der Waals surface area contributed by atoms with Gasteiger partial charge in [0.1, 0.15) is 5.69 Å². The lowest BCUT2D eigenvalue weighted by Crippen LogP contribution is -2.25. The van der Waals surface area contributed by atoms with Gasteiger partial charge >= 0.3 is 6.18 Å². The van der Waals surface area contributed by atoms with Gasteiger partial charge in [-0.05, 0) is 23.8 Å². The summed E-state index contributed by atoms with van der Waals surface area (Å²) >= 11 is 0. The lowest BCUT2D eigenvalue weighted by Gasteiger charge is -2.13. The summed E-state index contributed by atoms with van der Waals surface area (Å²) < 4.78 is 51.2. The molecule has 21 heavy (non-hydrogen) atoms. The summed E-state index contributed by atoms with van der Waals surface area (Å²) in [5.41, 5.74) is -1.09. The molecule has 2 aromatic rings. The molecular formula is C14H10F4N2O. The first-order valence-corrected chi connectivity index (χ1v) is 5.94. The van der Waals surface area contributed by atoms with Crippen LogP contribution in [0.15, 0.2) is 42.5 Å². The topological polar surface area (TPSA) is 42.0 Å². The van der Waals surface area contributed by atoms with Crippen molar-refractivity contribution < 1.29 is 22.4 Å². The van der Waals surface area contributed by atoms with Crippen LogP contribution in [0.5, 0.6) is 0 Å². The Kier molecular flexibility index (Phi) is 4.21. The molecule has 110 valence electrons. The average molecular weight is 298 g/mol. The van der Waals surface area contributed by atoms with Gasteiger partial charge in [-0.2, -0.15) is 17.6 Å². The van der Waals surface area contributed by atoms with Crippen molar-refractivity contribution in [1.82, 2.24) is 10.3 Å². The van der Waals surface area contributed by atoms with E-state index in [1.807, 2.05) is 0 Å². The first kappa shape index (κ1) is 15.0. The van der Waals surface area contributed by atoms with Crippen molar-refractivity contribution in [2.75, 3.05) is 0 Å². The summed E-state index contributed by atoms with van der Waals surface area (Å²) in [7, 11) is 0. The van der Waals surface area contributed by atoms with Crippen LogP contribution in [0.25, 0.3) is 0 Å². The second-order valence-electron chi connectivity index (χ2n) is 4.18. The van der Waals surface area contributed by atoms with E-state index in [0.29, 0.717) is 0 Å². The molecule has 1 aromatic heterocycles. The molecular weight excluding hydrogens is 288 g/mol. The highest BCUT2D eigenvalue weighted by Crippen LogP contribution is 2.31. The number of aromatic nitrogens is 1. The first-order valence-electron chi connectivity index (χ1n) is 5.94. The normalized spacial score (nSPS) is 11.2. The van der Waals surface area contributed by atoms with Crippen LogP contribution in [-0.4, -0.2) is 10.9 Å². The Morgan fingerprint density at radius 2 is 1.81 bits per heavy atom. The molecule has 0 saturated carbocycles. The van der Waals surface area contributed by atoms with Crippen LogP contribution < -0.4 is 5.32 Å². The van der Waals surface area contributed by atoms with E-state index in [1.165, 1.54) is 30.3 Å². The summed E-state index contributed by atoms with van der Waals surface area (Å²) in [6.07, 6.45) is -4.50. The van der Waals surface area contributed by atoms with E-state index in [-0.39, 0.29) is 17.8 Å². The van der Waals surface area contributed by atoms with Gasteiger partial charge < -0.3 is 5.32 Å². The van der Waals surface area contributed by atoms with Crippen LogP contribution in [0.2, 0.25) is 0 Å². The number of hydrogen-bond donors (Lipinski definition) is 1. The maximum Gasteiger partial charge on any atom is 0.416 e. The highest BCUT2D eigenvalue weighted by molar-refractivity contribution is 5.92. The third-order valence-corrected chi connectivity index (χ3v) is 2.71. The molecule has 1 aromatic carbocycles. The van der Waals surface area contributed by atoms with E-state index in [4.69, 9.17) is 0 Å². The first-order chi connectivity index (χ1) is 9.88. The number of alkyl halides is 3. The Bertz CT molecular complexity index is 655. The molecule has 1 amide bonds. The Hall–Kier alpha value is -2.44. The molecule has 3 nitrogen and oxygen atoms in total. The zero-order valence-electron chi connectivity index (χ0n) is 10.6. The summed E-state index contributed by atoms with van der Waals surface area (Å²) in [4.78, 5) is 15.1. The van der Waals surface area contributed by atoms with Crippen LogP contribution in [0.4, 0.5) is 17.6 Å². The van der Waals surface area contributed by atoms with E-state index in [2.05, 4.69) is 10.3 Å². The lowest BCUT2D eigenvalue weighted by molar-refractivity contribution is -0.138. The van der Waals surface area contributed by atoms with E-state index >= 15 is 0 Å². The Morgan fingerprint density at radius 1 is 1.10 bits per heavy atom. The SMILES string of the molecule is O=C(NCc1ccccc1C(F)(F)F)c1cccc(F)n1. The van der Waals surface area contributed by atoms with Gasteiger partial charge in [-0.15, -0.1) is 0 Å². The molecule has 0 saturated heterocycles. The van der Waals surface area contributed by atoms with E-state index < -0.39 is 23.6 Å². The number of rotatable bonds is 3. The number of hydrogen-bond acceptors (Lipinski definition) is 2. The van der Waals surface area contributed by atoms with E-state index in [9.17, 15) is 22.4 Å². The monoisotopic (exact) mass is 298 g/mol. The number of pyridine rings is 1. The second kappa shape index (κ2) is 5.90. The van der Waals surface area contributed by atoms with Gasteiger partial charge in [-0.1, -0.05) is 24.3 Å². The molecule has 0 radical (unpaired) electrons. The standard InChI is InChI=1S/C14H10F4N2O/c15-12-7-3-6-11(20-12)13(21)19-8-9-4-1-2-5-10(9)14(16,17)18/h1-7H,8H2,(H,19,21). The van der Waals surface area contributed by atoms with Crippen molar-refractivity contribution in [3.05, 3.63) is 65.2 Å². The minimum Gasteiger partial charge on any atom is -0.347 e. The molecule has 7 heteroatoms. The predicted octanol–water partition coefficient (Wildman–Crippen LogP) is 3.17. The third-order valence-electron chi connectivity index (χ3n) is 2.71. The minimum absolute atomic E-state index is 0.0743. The Labute approximate surface area is 117 Å². The van der Waals surface area contributed by atoms with E-state index in [0.717, 1.165) is 12.1 Å². The van der Waals surface area contributed by atoms with Crippen molar-refractivity contribution in [2.24, 2.45) is 0 Å². The summed E-state index contributed by atoms with van der Waals surface area (Å²) in [5, 5.41) is 2.29. The van der Waals surface area contributed by atoms with Crippen molar-refractivity contribution in [1.29, 1.82) is 0 Å². The molecule has 0 aliphatic rings. The van der Waals surface area contributed by atoms with Crippen molar-refractivity contribution >= 4 is 5.91 Å². The Balaban J connectivity index is 2.12. The van der Waals surface area contributed by atoms with Gasteiger partial charge in [-0.25, -0.2) is 4.98 Å². The lowest BCUT2D eigenvalue weighted by atomic mass is 10.1. The van der Waals surface area contributed by atoms with Crippen molar-refractivity contribution in [2.45, 2.75) is 12.7 Å². The minimum atomic E-state index is -4.50. The molecule has 1 N–H and O–H groups in total. The fourth-order valence-electron chi connectivity index (χ4n) is 1.75. The molecule has 0 aliphatic heterocycles. The van der Waals surface area contributed by atoms with Gasteiger partial charge in [0.15, 0.2) is 0 Å². The highest BCUT2D eigenvalue weighted by Gasteiger charge is 2.32. The van der Waals surface area contributed by atoms with Gasteiger partial charge in [0.2, 0.25) is 5.95 Å². The van der Waals surface area contributed by atoms with Crippen molar-refractivity contribution in [3.8, 4) is 0 Å². The molecule has 0 aliphatic carbocycles. The van der Waals surface area contributed by atoms with Crippen LogP contribution in [-0.2, 0) is 12.7 Å². The predicted molar refractivity (Wildman–Crippen MR) is 66.8 cm³/mol. The van der Waals surface area contributed by atoms with Crippen LogP contribution in [0.3, 0.4) is 0 Å². The van der Waals surface area contributed by atoms with Gasteiger partial charge in [0, 0.05) is 6.54 Å². The van der Waals surface area contributed by atoms with Gasteiger partial charge in [0.25, 0.3) is 5.91 Å². The van der Waals surface area contributed by atoms with Gasteiger partial charge in [0.05, 0.1) is 5.56 Å². The number of amides is 1. The number of halogens is 4.